The molecule has 1 heterocycles. The fraction of sp³-hybridized carbons (Fsp3) is 0.417. The molecule has 1 aromatic rings. The topological polar surface area (TPSA) is 41.1 Å². The van der Waals surface area contributed by atoms with Crippen molar-refractivity contribution >= 4 is 17.5 Å². The molecule has 0 unspecified atom stereocenters. The Hall–Kier alpha value is -1.06. The predicted molar refractivity (Wildman–Crippen MR) is 64.3 cm³/mol. The maximum Gasteiger partial charge on any atom is 0.237 e. The number of hydrogen-bond acceptors (Lipinski definition) is 2. The molecule has 0 saturated carbocycles. The van der Waals surface area contributed by atoms with E-state index in [1.54, 1.807) is 0 Å². The van der Waals surface area contributed by atoms with Crippen LogP contribution in [0.4, 0.5) is 0 Å². The zero-order valence-electron chi connectivity index (χ0n) is 9.00. The average molecular weight is 239 g/mol. The van der Waals surface area contributed by atoms with Crippen molar-refractivity contribution in [2.45, 2.75) is 25.4 Å². The molecule has 2 rings (SSSR count). The lowest BCUT2D eigenvalue weighted by Gasteiger charge is -2.11. The van der Waals surface area contributed by atoms with E-state index in [2.05, 4.69) is 10.6 Å². The summed E-state index contributed by atoms with van der Waals surface area (Å²) < 4.78 is 0. The van der Waals surface area contributed by atoms with E-state index in [-0.39, 0.29) is 11.9 Å². The van der Waals surface area contributed by atoms with Gasteiger partial charge in [-0.15, -0.1) is 0 Å². The maximum atomic E-state index is 11.7. The molecular formula is C12H15ClN2O. The highest BCUT2D eigenvalue weighted by atomic mass is 35.5. The van der Waals surface area contributed by atoms with Gasteiger partial charge >= 0.3 is 0 Å². The molecule has 0 spiro atoms. The van der Waals surface area contributed by atoms with Crippen LogP contribution in [0.1, 0.15) is 18.4 Å². The molecule has 1 atom stereocenters. The second-order valence-corrected chi connectivity index (χ2v) is 4.37. The van der Waals surface area contributed by atoms with Gasteiger partial charge in [-0.05, 0) is 31.0 Å². The van der Waals surface area contributed by atoms with Gasteiger partial charge in [0.25, 0.3) is 0 Å². The Labute approximate surface area is 100 Å². The van der Waals surface area contributed by atoms with Gasteiger partial charge in [-0.2, -0.15) is 0 Å². The lowest BCUT2D eigenvalue weighted by atomic mass is 10.2. The van der Waals surface area contributed by atoms with Gasteiger partial charge in [-0.3, -0.25) is 4.79 Å². The van der Waals surface area contributed by atoms with Crippen molar-refractivity contribution in [2.75, 3.05) is 6.54 Å². The van der Waals surface area contributed by atoms with E-state index in [0.717, 1.165) is 24.9 Å². The number of carbonyl (C=O) groups excluding carboxylic acids is 1. The quantitative estimate of drug-likeness (QED) is 0.842. The molecule has 0 bridgehead atoms. The third-order valence-corrected chi connectivity index (χ3v) is 3.16. The number of nitrogens with one attached hydrogen (secondary N) is 2. The van der Waals surface area contributed by atoms with Crippen LogP contribution in [0, 0.1) is 0 Å². The van der Waals surface area contributed by atoms with E-state index in [9.17, 15) is 4.79 Å². The summed E-state index contributed by atoms with van der Waals surface area (Å²) >= 11 is 6.00. The Bertz CT molecular complexity index is 375. The summed E-state index contributed by atoms with van der Waals surface area (Å²) in [6.45, 7) is 1.43. The highest BCUT2D eigenvalue weighted by molar-refractivity contribution is 6.31. The Kier molecular flexibility index (Phi) is 3.80. The van der Waals surface area contributed by atoms with Crippen LogP contribution in [-0.2, 0) is 11.3 Å². The zero-order valence-corrected chi connectivity index (χ0v) is 9.76. The van der Waals surface area contributed by atoms with Gasteiger partial charge in [-0.1, -0.05) is 29.8 Å². The second kappa shape index (κ2) is 5.32. The van der Waals surface area contributed by atoms with Crippen molar-refractivity contribution in [3.63, 3.8) is 0 Å². The SMILES string of the molecule is O=C(NCc1ccccc1Cl)[C@@H]1CCCN1. The lowest BCUT2D eigenvalue weighted by Crippen LogP contribution is -2.40. The van der Waals surface area contributed by atoms with Crippen LogP contribution in [0.2, 0.25) is 5.02 Å². The molecule has 1 aromatic carbocycles. The first-order valence-corrected chi connectivity index (χ1v) is 5.89. The summed E-state index contributed by atoms with van der Waals surface area (Å²) in [7, 11) is 0. The van der Waals surface area contributed by atoms with Crippen molar-refractivity contribution in [1.29, 1.82) is 0 Å². The van der Waals surface area contributed by atoms with Crippen molar-refractivity contribution in [3.8, 4) is 0 Å². The van der Waals surface area contributed by atoms with E-state index in [1.807, 2.05) is 24.3 Å². The van der Waals surface area contributed by atoms with Gasteiger partial charge < -0.3 is 10.6 Å². The Balaban J connectivity index is 1.87. The Morgan fingerprint density at radius 1 is 1.50 bits per heavy atom. The smallest absolute Gasteiger partial charge is 0.237 e. The van der Waals surface area contributed by atoms with Crippen molar-refractivity contribution in [2.24, 2.45) is 0 Å². The van der Waals surface area contributed by atoms with Crippen molar-refractivity contribution < 1.29 is 4.79 Å². The molecule has 0 aliphatic carbocycles. The van der Waals surface area contributed by atoms with E-state index < -0.39 is 0 Å². The standard InChI is InChI=1S/C12H15ClN2O/c13-10-5-2-1-4-9(10)8-15-12(16)11-6-3-7-14-11/h1-2,4-5,11,14H,3,6-8H2,(H,15,16)/t11-/m0/s1. The van der Waals surface area contributed by atoms with Crippen LogP contribution in [-0.4, -0.2) is 18.5 Å². The van der Waals surface area contributed by atoms with E-state index in [0.29, 0.717) is 11.6 Å². The molecule has 16 heavy (non-hydrogen) atoms. The number of rotatable bonds is 3. The van der Waals surface area contributed by atoms with Crippen LogP contribution >= 0.6 is 11.6 Å². The molecule has 1 fully saturated rings. The molecule has 1 aliphatic rings. The number of hydrogen-bond donors (Lipinski definition) is 2. The van der Waals surface area contributed by atoms with Gasteiger partial charge in [0, 0.05) is 11.6 Å². The van der Waals surface area contributed by atoms with Crippen LogP contribution < -0.4 is 10.6 Å². The van der Waals surface area contributed by atoms with E-state index in [4.69, 9.17) is 11.6 Å². The van der Waals surface area contributed by atoms with E-state index >= 15 is 0 Å². The molecule has 86 valence electrons. The number of benzene rings is 1. The largest absolute Gasteiger partial charge is 0.351 e. The minimum Gasteiger partial charge on any atom is -0.351 e. The lowest BCUT2D eigenvalue weighted by molar-refractivity contribution is -0.122. The third-order valence-electron chi connectivity index (χ3n) is 2.79. The monoisotopic (exact) mass is 238 g/mol. The van der Waals surface area contributed by atoms with Gasteiger partial charge in [-0.25, -0.2) is 0 Å². The molecular weight excluding hydrogens is 224 g/mol. The van der Waals surface area contributed by atoms with Crippen molar-refractivity contribution in [3.05, 3.63) is 34.9 Å². The van der Waals surface area contributed by atoms with Gasteiger partial charge in [0.1, 0.15) is 0 Å². The first kappa shape index (κ1) is 11.4. The molecule has 0 aromatic heterocycles. The van der Waals surface area contributed by atoms with Crippen LogP contribution in [0.5, 0.6) is 0 Å². The molecule has 1 amide bonds. The first-order valence-electron chi connectivity index (χ1n) is 5.52. The second-order valence-electron chi connectivity index (χ2n) is 3.96. The van der Waals surface area contributed by atoms with Crippen molar-refractivity contribution in [1.82, 2.24) is 10.6 Å². The number of halogens is 1. The molecule has 1 aliphatic heterocycles. The normalized spacial score (nSPS) is 19.7. The minimum atomic E-state index is -0.0255. The van der Waals surface area contributed by atoms with E-state index in [1.165, 1.54) is 0 Å². The van der Waals surface area contributed by atoms with Crippen LogP contribution in [0.25, 0.3) is 0 Å². The fourth-order valence-corrected chi connectivity index (χ4v) is 2.06. The zero-order chi connectivity index (χ0) is 11.4. The first-order chi connectivity index (χ1) is 7.77. The van der Waals surface area contributed by atoms with Gasteiger partial charge in [0.15, 0.2) is 0 Å². The maximum absolute atomic E-state index is 11.7. The summed E-state index contributed by atoms with van der Waals surface area (Å²) in [5, 5.41) is 6.75. The fourth-order valence-electron chi connectivity index (χ4n) is 1.86. The molecule has 1 saturated heterocycles. The molecule has 3 nitrogen and oxygen atoms in total. The molecule has 4 heteroatoms. The summed E-state index contributed by atoms with van der Waals surface area (Å²) in [5.74, 6) is 0.0671. The minimum absolute atomic E-state index is 0.0255. The highest BCUT2D eigenvalue weighted by Gasteiger charge is 2.21. The summed E-state index contributed by atoms with van der Waals surface area (Å²) in [4.78, 5) is 11.7. The Morgan fingerprint density at radius 3 is 3.00 bits per heavy atom. The summed E-state index contributed by atoms with van der Waals surface area (Å²) in [6.07, 6.45) is 2.00. The Morgan fingerprint density at radius 2 is 2.31 bits per heavy atom. The van der Waals surface area contributed by atoms with Crippen LogP contribution in [0.3, 0.4) is 0 Å². The number of carbonyl (C=O) groups is 1. The third kappa shape index (κ3) is 2.74. The number of amides is 1. The summed E-state index contributed by atoms with van der Waals surface area (Å²) in [5.41, 5.74) is 0.954. The highest BCUT2D eigenvalue weighted by Crippen LogP contribution is 2.14. The van der Waals surface area contributed by atoms with Gasteiger partial charge in [0.2, 0.25) is 5.91 Å². The van der Waals surface area contributed by atoms with Gasteiger partial charge in [0.05, 0.1) is 6.04 Å². The summed E-state index contributed by atoms with van der Waals surface area (Å²) in [6, 6.07) is 7.53. The average Bonchev–Trinajstić information content (AvgIpc) is 2.81. The molecule has 2 N–H and O–H groups in total. The predicted octanol–water partition coefficient (Wildman–Crippen LogP) is 1.71. The molecule has 0 radical (unpaired) electrons. The van der Waals surface area contributed by atoms with Crippen LogP contribution in [0.15, 0.2) is 24.3 Å².